The van der Waals surface area contributed by atoms with E-state index in [9.17, 15) is 9.90 Å². The van der Waals surface area contributed by atoms with Crippen molar-refractivity contribution in [1.82, 2.24) is 10.3 Å². The van der Waals surface area contributed by atoms with E-state index in [2.05, 4.69) is 31.1 Å². The van der Waals surface area contributed by atoms with E-state index in [-0.39, 0.29) is 17.9 Å². The van der Waals surface area contributed by atoms with Crippen LogP contribution in [0.15, 0.2) is 23.0 Å². The molecule has 2 aromatic rings. The Hall–Kier alpha value is -1.24. The second-order valence-electron chi connectivity index (χ2n) is 5.56. The average molecular weight is 310 g/mol. The maximum atomic E-state index is 12.0. The van der Waals surface area contributed by atoms with Crippen molar-refractivity contribution in [3.05, 3.63) is 38.5 Å². The van der Waals surface area contributed by atoms with Gasteiger partial charge >= 0.3 is 0 Å². The molecule has 0 aliphatic heterocycles. The number of hydrogen-bond acceptors (Lipinski definition) is 5. The highest BCUT2D eigenvalue weighted by atomic mass is 32.1. The van der Waals surface area contributed by atoms with E-state index in [0.717, 1.165) is 10.6 Å². The predicted octanol–water partition coefficient (Wildman–Crippen LogP) is 2.97. The van der Waals surface area contributed by atoms with Gasteiger partial charge in [0.15, 0.2) is 0 Å². The van der Waals surface area contributed by atoms with Gasteiger partial charge in [-0.2, -0.15) is 11.3 Å². The van der Waals surface area contributed by atoms with Gasteiger partial charge in [-0.1, -0.05) is 20.8 Å². The van der Waals surface area contributed by atoms with E-state index in [1.807, 2.05) is 16.8 Å². The molecule has 1 atom stereocenters. The third-order valence-electron chi connectivity index (χ3n) is 2.76. The minimum Gasteiger partial charge on any atom is -0.387 e. The first-order valence-corrected chi connectivity index (χ1v) is 8.08. The fourth-order valence-electron chi connectivity index (χ4n) is 1.58. The van der Waals surface area contributed by atoms with Crippen molar-refractivity contribution >= 4 is 28.6 Å². The average Bonchev–Trinajstić information content (AvgIpc) is 3.04. The molecule has 2 aromatic heterocycles. The number of rotatable bonds is 4. The van der Waals surface area contributed by atoms with Crippen LogP contribution < -0.4 is 5.32 Å². The number of nitrogens with one attached hydrogen (secondary N) is 1. The summed E-state index contributed by atoms with van der Waals surface area (Å²) in [6.07, 6.45) is 0.928. The Morgan fingerprint density at radius 2 is 2.25 bits per heavy atom. The Kier molecular flexibility index (Phi) is 4.57. The van der Waals surface area contributed by atoms with E-state index in [1.165, 1.54) is 22.7 Å². The van der Waals surface area contributed by atoms with Crippen LogP contribution in [0.5, 0.6) is 0 Å². The van der Waals surface area contributed by atoms with Crippen LogP contribution in [0.2, 0.25) is 0 Å². The molecule has 2 N–H and O–H groups in total. The van der Waals surface area contributed by atoms with Crippen molar-refractivity contribution in [3.8, 4) is 0 Å². The fourth-order valence-corrected chi connectivity index (χ4v) is 3.18. The van der Waals surface area contributed by atoms with Crippen molar-refractivity contribution in [2.24, 2.45) is 0 Å². The SMILES string of the molecule is CC(C)(C)c1ncc(C(=O)NCC(O)c2ccsc2)s1. The smallest absolute Gasteiger partial charge is 0.263 e. The van der Waals surface area contributed by atoms with Gasteiger partial charge in [0.25, 0.3) is 5.91 Å². The minimum absolute atomic E-state index is 0.0562. The standard InChI is InChI=1S/C14H18N2O2S2/c1-14(2,3)13-16-7-11(20-13)12(18)15-6-10(17)9-4-5-19-8-9/h4-5,7-8,10,17H,6H2,1-3H3,(H,15,18). The predicted molar refractivity (Wildman–Crippen MR) is 82.4 cm³/mol. The van der Waals surface area contributed by atoms with Gasteiger partial charge in [-0.25, -0.2) is 4.98 Å². The lowest BCUT2D eigenvalue weighted by molar-refractivity contribution is 0.0920. The lowest BCUT2D eigenvalue weighted by Crippen LogP contribution is -2.27. The summed E-state index contributed by atoms with van der Waals surface area (Å²) in [6.45, 7) is 6.40. The van der Waals surface area contributed by atoms with Crippen LogP contribution in [0.4, 0.5) is 0 Å². The molecule has 0 spiro atoms. The number of amides is 1. The molecule has 0 saturated heterocycles. The quantitative estimate of drug-likeness (QED) is 0.912. The molecule has 0 aliphatic carbocycles. The van der Waals surface area contributed by atoms with Gasteiger partial charge in [0.1, 0.15) is 4.88 Å². The summed E-state index contributed by atoms with van der Waals surface area (Å²) in [5.41, 5.74) is 0.773. The van der Waals surface area contributed by atoms with Crippen molar-refractivity contribution < 1.29 is 9.90 Å². The molecule has 0 bridgehead atoms. The zero-order valence-electron chi connectivity index (χ0n) is 11.7. The number of aliphatic hydroxyl groups is 1. The van der Waals surface area contributed by atoms with Crippen LogP contribution in [-0.4, -0.2) is 22.5 Å². The van der Waals surface area contributed by atoms with E-state index in [4.69, 9.17) is 0 Å². The van der Waals surface area contributed by atoms with Gasteiger partial charge < -0.3 is 10.4 Å². The maximum absolute atomic E-state index is 12.0. The first-order chi connectivity index (χ1) is 9.38. The van der Waals surface area contributed by atoms with Gasteiger partial charge in [-0.15, -0.1) is 11.3 Å². The third-order valence-corrected chi connectivity index (χ3v) is 4.88. The first-order valence-electron chi connectivity index (χ1n) is 6.32. The number of hydrogen-bond donors (Lipinski definition) is 2. The van der Waals surface area contributed by atoms with Crippen molar-refractivity contribution in [2.75, 3.05) is 6.54 Å². The number of carbonyl (C=O) groups is 1. The molecule has 2 heterocycles. The summed E-state index contributed by atoms with van der Waals surface area (Å²) in [7, 11) is 0. The molecule has 20 heavy (non-hydrogen) atoms. The Morgan fingerprint density at radius 3 is 2.80 bits per heavy atom. The van der Waals surface area contributed by atoms with Crippen LogP contribution in [0, 0.1) is 0 Å². The fraction of sp³-hybridized carbons (Fsp3) is 0.429. The first kappa shape index (κ1) is 15.2. The lowest BCUT2D eigenvalue weighted by atomic mass is 9.98. The van der Waals surface area contributed by atoms with Gasteiger partial charge in [0.2, 0.25) is 0 Å². The number of nitrogens with zero attached hydrogens (tertiary/aromatic N) is 1. The molecule has 1 unspecified atom stereocenters. The number of thiazole rings is 1. The highest BCUT2D eigenvalue weighted by Gasteiger charge is 2.20. The van der Waals surface area contributed by atoms with Gasteiger partial charge in [0.05, 0.1) is 17.3 Å². The highest BCUT2D eigenvalue weighted by molar-refractivity contribution is 7.13. The van der Waals surface area contributed by atoms with Gasteiger partial charge in [-0.05, 0) is 22.4 Å². The number of carbonyl (C=O) groups excluding carboxylic acids is 1. The summed E-state index contributed by atoms with van der Waals surface area (Å²) in [4.78, 5) is 16.9. The Balaban J connectivity index is 1.94. The lowest BCUT2D eigenvalue weighted by Gasteiger charge is -2.13. The highest BCUT2D eigenvalue weighted by Crippen LogP contribution is 2.26. The Bertz CT molecular complexity index is 570. The monoisotopic (exact) mass is 310 g/mol. The van der Waals surface area contributed by atoms with Crippen molar-refractivity contribution in [1.29, 1.82) is 0 Å². The summed E-state index contributed by atoms with van der Waals surface area (Å²) < 4.78 is 0. The molecule has 6 heteroatoms. The number of aliphatic hydroxyl groups excluding tert-OH is 1. The molecule has 1 amide bonds. The van der Waals surface area contributed by atoms with E-state index in [0.29, 0.717) is 4.88 Å². The molecule has 0 radical (unpaired) electrons. The van der Waals surface area contributed by atoms with Crippen molar-refractivity contribution in [3.63, 3.8) is 0 Å². The summed E-state index contributed by atoms with van der Waals surface area (Å²) in [5.74, 6) is -0.188. The van der Waals surface area contributed by atoms with Gasteiger partial charge in [-0.3, -0.25) is 4.79 Å². The Morgan fingerprint density at radius 1 is 1.50 bits per heavy atom. The Labute approximate surface area is 126 Å². The molecular formula is C14H18N2O2S2. The maximum Gasteiger partial charge on any atom is 0.263 e. The zero-order chi connectivity index (χ0) is 14.8. The van der Waals surface area contributed by atoms with Crippen LogP contribution >= 0.6 is 22.7 Å². The number of aromatic nitrogens is 1. The molecule has 4 nitrogen and oxygen atoms in total. The minimum atomic E-state index is -0.666. The third kappa shape index (κ3) is 3.65. The molecule has 0 aliphatic rings. The summed E-state index contributed by atoms with van der Waals surface area (Å²) in [5, 5.41) is 17.4. The van der Waals surface area contributed by atoms with Crippen molar-refractivity contribution in [2.45, 2.75) is 32.3 Å². The van der Waals surface area contributed by atoms with E-state index < -0.39 is 6.10 Å². The molecule has 2 rings (SSSR count). The second kappa shape index (κ2) is 6.03. The van der Waals surface area contributed by atoms with E-state index in [1.54, 1.807) is 6.20 Å². The van der Waals surface area contributed by atoms with Gasteiger partial charge in [0, 0.05) is 12.0 Å². The second-order valence-corrected chi connectivity index (χ2v) is 7.37. The molecule has 108 valence electrons. The zero-order valence-corrected chi connectivity index (χ0v) is 13.3. The molecule has 0 fully saturated rings. The molecular weight excluding hydrogens is 292 g/mol. The normalized spacial score (nSPS) is 13.2. The van der Waals surface area contributed by atoms with Crippen LogP contribution in [0.25, 0.3) is 0 Å². The van der Waals surface area contributed by atoms with Crippen LogP contribution in [0.3, 0.4) is 0 Å². The molecule has 0 saturated carbocycles. The number of thiophene rings is 1. The topological polar surface area (TPSA) is 62.2 Å². The summed E-state index contributed by atoms with van der Waals surface area (Å²) >= 11 is 2.92. The van der Waals surface area contributed by atoms with E-state index >= 15 is 0 Å². The summed E-state index contributed by atoms with van der Waals surface area (Å²) in [6, 6.07) is 1.85. The van der Waals surface area contributed by atoms with Crippen LogP contribution in [-0.2, 0) is 5.41 Å². The van der Waals surface area contributed by atoms with Crippen LogP contribution in [0.1, 0.15) is 47.1 Å². The largest absolute Gasteiger partial charge is 0.387 e. The molecule has 0 aromatic carbocycles.